The highest BCUT2D eigenvalue weighted by molar-refractivity contribution is 4.78. The molecule has 96 valence electrons. The summed E-state index contributed by atoms with van der Waals surface area (Å²) >= 11 is 0. The third kappa shape index (κ3) is 5.25. The second kappa shape index (κ2) is 8.93. The smallest absolute Gasteiger partial charge is 0.0700 e. The summed E-state index contributed by atoms with van der Waals surface area (Å²) in [5.41, 5.74) is 5.69. The number of ether oxygens (including phenoxy) is 3. The van der Waals surface area contributed by atoms with E-state index in [9.17, 15) is 0 Å². The Kier molecular flexibility index (Phi) is 7.76. The number of methoxy groups -OCH3 is 1. The summed E-state index contributed by atoms with van der Waals surface area (Å²) < 4.78 is 16.1. The van der Waals surface area contributed by atoms with E-state index in [0.717, 1.165) is 26.2 Å². The molecule has 2 unspecified atom stereocenters. The molecule has 1 aliphatic carbocycles. The predicted molar refractivity (Wildman–Crippen MR) is 63.4 cm³/mol. The van der Waals surface area contributed by atoms with Crippen LogP contribution in [-0.4, -0.2) is 46.2 Å². The van der Waals surface area contributed by atoms with Crippen molar-refractivity contribution in [3.05, 3.63) is 0 Å². The molecule has 0 aromatic carbocycles. The van der Waals surface area contributed by atoms with Crippen LogP contribution < -0.4 is 5.73 Å². The lowest BCUT2D eigenvalue weighted by Crippen LogP contribution is -2.25. The monoisotopic (exact) mass is 231 g/mol. The molecule has 0 saturated heterocycles. The normalized spacial score (nSPS) is 25.1. The highest BCUT2D eigenvalue weighted by Gasteiger charge is 2.26. The van der Waals surface area contributed by atoms with E-state index in [1.807, 2.05) is 0 Å². The summed E-state index contributed by atoms with van der Waals surface area (Å²) in [5, 5.41) is 0. The third-order valence-corrected chi connectivity index (χ3v) is 3.09. The summed E-state index contributed by atoms with van der Waals surface area (Å²) in [6, 6.07) is 0. The second-order valence-electron chi connectivity index (χ2n) is 4.29. The Hall–Kier alpha value is -0.160. The average molecular weight is 231 g/mol. The van der Waals surface area contributed by atoms with Crippen LogP contribution in [0.25, 0.3) is 0 Å². The molecule has 2 atom stereocenters. The van der Waals surface area contributed by atoms with Gasteiger partial charge in [0, 0.05) is 20.3 Å². The van der Waals surface area contributed by atoms with E-state index in [2.05, 4.69) is 0 Å². The van der Waals surface area contributed by atoms with E-state index < -0.39 is 0 Å². The van der Waals surface area contributed by atoms with Crippen molar-refractivity contribution in [1.29, 1.82) is 0 Å². The summed E-state index contributed by atoms with van der Waals surface area (Å²) in [6.45, 7) is 3.64. The first kappa shape index (κ1) is 13.9. The van der Waals surface area contributed by atoms with Crippen molar-refractivity contribution in [3.63, 3.8) is 0 Å². The largest absolute Gasteiger partial charge is 0.382 e. The Morgan fingerprint density at radius 2 is 2.00 bits per heavy atom. The van der Waals surface area contributed by atoms with Crippen molar-refractivity contribution in [3.8, 4) is 0 Å². The molecule has 16 heavy (non-hydrogen) atoms. The molecule has 0 bridgehead atoms. The van der Waals surface area contributed by atoms with Crippen LogP contribution in [0.5, 0.6) is 0 Å². The van der Waals surface area contributed by atoms with Crippen molar-refractivity contribution in [2.24, 2.45) is 11.7 Å². The Morgan fingerprint density at radius 1 is 1.12 bits per heavy atom. The number of hydrogen-bond acceptors (Lipinski definition) is 4. The van der Waals surface area contributed by atoms with E-state index in [4.69, 9.17) is 19.9 Å². The Bertz CT molecular complexity index is 166. The van der Waals surface area contributed by atoms with Gasteiger partial charge in [0.05, 0.1) is 19.3 Å². The Labute approximate surface area is 98.4 Å². The summed E-state index contributed by atoms with van der Waals surface area (Å²) in [7, 11) is 1.68. The molecule has 4 heteroatoms. The van der Waals surface area contributed by atoms with Gasteiger partial charge >= 0.3 is 0 Å². The van der Waals surface area contributed by atoms with Crippen LogP contribution in [0.2, 0.25) is 0 Å². The van der Waals surface area contributed by atoms with Crippen molar-refractivity contribution in [2.75, 3.05) is 40.1 Å². The molecule has 0 spiro atoms. The maximum Gasteiger partial charge on any atom is 0.0700 e. The first-order chi connectivity index (χ1) is 7.88. The van der Waals surface area contributed by atoms with Gasteiger partial charge in [-0.1, -0.05) is 6.42 Å². The van der Waals surface area contributed by atoms with Crippen LogP contribution in [-0.2, 0) is 14.2 Å². The van der Waals surface area contributed by atoms with Crippen LogP contribution >= 0.6 is 0 Å². The topological polar surface area (TPSA) is 53.7 Å². The SMILES string of the molecule is COCCOCCCOC1CCCC1CN. The number of hydrogen-bond donors (Lipinski definition) is 1. The Balaban J connectivity index is 1.90. The van der Waals surface area contributed by atoms with Crippen molar-refractivity contribution in [2.45, 2.75) is 31.8 Å². The van der Waals surface area contributed by atoms with E-state index >= 15 is 0 Å². The second-order valence-corrected chi connectivity index (χ2v) is 4.29. The molecule has 0 aromatic heterocycles. The standard InChI is InChI=1S/C12H25NO3/c1-14-8-9-15-6-3-7-16-12-5-2-4-11(12)10-13/h11-12H,2-10,13H2,1H3. The zero-order valence-corrected chi connectivity index (χ0v) is 10.3. The average Bonchev–Trinajstić information content (AvgIpc) is 2.75. The molecule has 0 radical (unpaired) electrons. The van der Waals surface area contributed by atoms with E-state index in [1.54, 1.807) is 7.11 Å². The molecular weight excluding hydrogens is 206 g/mol. The van der Waals surface area contributed by atoms with Crippen LogP contribution in [0.15, 0.2) is 0 Å². The minimum atomic E-state index is 0.393. The predicted octanol–water partition coefficient (Wildman–Crippen LogP) is 1.18. The van der Waals surface area contributed by atoms with Crippen molar-refractivity contribution >= 4 is 0 Å². The molecule has 0 heterocycles. The fraction of sp³-hybridized carbons (Fsp3) is 1.00. The van der Waals surface area contributed by atoms with Gasteiger partial charge in [-0.25, -0.2) is 0 Å². The molecular formula is C12H25NO3. The molecule has 1 saturated carbocycles. The van der Waals surface area contributed by atoms with Crippen LogP contribution in [0.4, 0.5) is 0 Å². The lowest BCUT2D eigenvalue weighted by Gasteiger charge is -2.18. The molecule has 0 aromatic rings. The van der Waals surface area contributed by atoms with Gasteiger partial charge in [-0.05, 0) is 31.7 Å². The van der Waals surface area contributed by atoms with Gasteiger partial charge in [-0.15, -0.1) is 0 Å². The number of rotatable bonds is 9. The van der Waals surface area contributed by atoms with E-state index in [0.29, 0.717) is 25.2 Å². The van der Waals surface area contributed by atoms with Gasteiger partial charge in [0.25, 0.3) is 0 Å². The van der Waals surface area contributed by atoms with Gasteiger partial charge in [0.15, 0.2) is 0 Å². The maximum absolute atomic E-state index is 5.82. The molecule has 1 rings (SSSR count). The minimum absolute atomic E-state index is 0.393. The van der Waals surface area contributed by atoms with Gasteiger partial charge in [-0.3, -0.25) is 0 Å². The molecule has 0 aliphatic heterocycles. The van der Waals surface area contributed by atoms with Crippen LogP contribution in [0.3, 0.4) is 0 Å². The van der Waals surface area contributed by atoms with Gasteiger partial charge in [0.1, 0.15) is 0 Å². The lowest BCUT2D eigenvalue weighted by molar-refractivity contribution is 0.00933. The fourth-order valence-corrected chi connectivity index (χ4v) is 2.13. The molecule has 0 amide bonds. The first-order valence-corrected chi connectivity index (χ1v) is 6.26. The third-order valence-electron chi connectivity index (χ3n) is 3.09. The Morgan fingerprint density at radius 3 is 2.75 bits per heavy atom. The quantitative estimate of drug-likeness (QED) is 0.605. The summed E-state index contributed by atoms with van der Waals surface area (Å²) in [6.07, 6.45) is 5.01. The highest BCUT2D eigenvalue weighted by Crippen LogP contribution is 2.27. The van der Waals surface area contributed by atoms with Crippen molar-refractivity contribution < 1.29 is 14.2 Å². The summed E-state index contributed by atoms with van der Waals surface area (Å²) in [5.74, 6) is 0.578. The van der Waals surface area contributed by atoms with Gasteiger partial charge in [0.2, 0.25) is 0 Å². The lowest BCUT2D eigenvalue weighted by atomic mass is 10.1. The first-order valence-electron chi connectivity index (χ1n) is 6.26. The highest BCUT2D eigenvalue weighted by atomic mass is 16.5. The fourth-order valence-electron chi connectivity index (χ4n) is 2.13. The maximum atomic E-state index is 5.82. The van der Waals surface area contributed by atoms with E-state index in [-0.39, 0.29) is 0 Å². The zero-order valence-electron chi connectivity index (χ0n) is 10.3. The van der Waals surface area contributed by atoms with Crippen LogP contribution in [0.1, 0.15) is 25.7 Å². The molecule has 2 N–H and O–H groups in total. The van der Waals surface area contributed by atoms with Crippen LogP contribution in [0, 0.1) is 5.92 Å². The van der Waals surface area contributed by atoms with Gasteiger partial charge in [-0.2, -0.15) is 0 Å². The number of nitrogens with two attached hydrogens (primary N) is 1. The van der Waals surface area contributed by atoms with Crippen molar-refractivity contribution in [1.82, 2.24) is 0 Å². The molecule has 4 nitrogen and oxygen atoms in total. The summed E-state index contributed by atoms with van der Waals surface area (Å²) in [4.78, 5) is 0. The van der Waals surface area contributed by atoms with Gasteiger partial charge < -0.3 is 19.9 Å². The van der Waals surface area contributed by atoms with E-state index in [1.165, 1.54) is 19.3 Å². The molecule has 1 aliphatic rings. The zero-order chi connectivity index (χ0) is 11.6. The minimum Gasteiger partial charge on any atom is -0.382 e. The molecule has 1 fully saturated rings.